The van der Waals surface area contributed by atoms with Gasteiger partial charge in [-0.1, -0.05) is 31.6 Å². The molecule has 0 saturated carbocycles. The number of nitrogens with one attached hydrogen (secondary N) is 1. The van der Waals surface area contributed by atoms with Gasteiger partial charge < -0.3 is 5.73 Å². The first kappa shape index (κ1) is 16.0. The number of pyridine rings is 1. The first-order chi connectivity index (χ1) is 8.94. The Kier molecular flexibility index (Phi) is 6.33. The fourth-order valence-corrected chi connectivity index (χ4v) is 3.13. The van der Waals surface area contributed by atoms with Crippen LogP contribution in [0.5, 0.6) is 0 Å². The summed E-state index contributed by atoms with van der Waals surface area (Å²) in [4.78, 5) is 4.27. The second-order valence-electron chi connectivity index (χ2n) is 4.25. The first-order valence-corrected chi connectivity index (χ1v) is 8.20. The van der Waals surface area contributed by atoms with Crippen molar-refractivity contribution in [2.75, 3.05) is 5.75 Å². The van der Waals surface area contributed by atoms with Crippen LogP contribution in [0.3, 0.4) is 0 Å². The van der Waals surface area contributed by atoms with E-state index in [0.29, 0.717) is 12.8 Å². The molecule has 1 aromatic heterocycles. The average molecular weight is 301 g/mol. The zero-order valence-electron chi connectivity index (χ0n) is 10.9. The van der Waals surface area contributed by atoms with Crippen LogP contribution >= 0.6 is 12.2 Å². The standard InChI is InChI=1S/C12H19N3O2S2/c1-2-5-11(12(13)18)15-19(16,17)9-7-10-6-3-4-8-14-10/h3-4,6,8,11,15H,2,5,7,9H2,1H3,(H2,13,18). The minimum absolute atomic E-state index is 0.0210. The summed E-state index contributed by atoms with van der Waals surface area (Å²) in [7, 11) is -3.40. The zero-order chi connectivity index (χ0) is 14.3. The van der Waals surface area contributed by atoms with Crippen molar-refractivity contribution in [1.29, 1.82) is 0 Å². The summed E-state index contributed by atoms with van der Waals surface area (Å²) in [6.45, 7) is 1.95. The molecular formula is C12H19N3O2S2. The number of rotatable bonds is 8. The Hall–Kier alpha value is -1.05. The molecule has 0 bridgehead atoms. The van der Waals surface area contributed by atoms with E-state index in [0.717, 1.165) is 12.1 Å². The normalized spacial score (nSPS) is 13.1. The van der Waals surface area contributed by atoms with E-state index >= 15 is 0 Å². The molecule has 0 fully saturated rings. The number of nitrogens with zero attached hydrogens (tertiary/aromatic N) is 1. The maximum absolute atomic E-state index is 11.9. The average Bonchev–Trinajstić information content (AvgIpc) is 2.37. The van der Waals surface area contributed by atoms with Crippen molar-refractivity contribution < 1.29 is 8.42 Å². The Morgan fingerprint density at radius 1 is 1.53 bits per heavy atom. The number of hydrogen-bond donors (Lipinski definition) is 2. The molecule has 0 aromatic carbocycles. The van der Waals surface area contributed by atoms with Gasteiger partial charge >= 0.3 is 0 Å². The quantitative estimate of drug-likeness (QED) is 0.700. The lowest BCUT2D eigenvalue weighted by molar-refractivity contribution is 0.566. The molecule has 1 heterocycles. The third kappa shape index (κ3) is 6.09. The van der Waals surface area contributed by atoms with Crippen molar-refractivity contribution in [1.82, 2.24) is 9.71 Å². The smallest absolute Gasteiger partial charge is 0.212 e. The van der Waals surface area contributed by atoms with Crippen LogP contribution in [0.2, 0.25) is 0 Å². The lowest BCUT2D eigenvalue weighted by Gasteiger charge is -2.16. The number of aryl methyl sites for hydroxylation is 1. The van der Waals surface area contributed by atoms with E-state index in [4.69, 9.17) is 18.0 Å². The molecule has 3 N–H and O–H groups in total. The summed E-state index contributed by atoms with van der Waals surface area (Å²) in [5, 5.41) is 0. The SMILES string of the molecule is CCCC(NS(=O)(=O)CCc1ccccn1)C(N)=S. The van der Waals surface area contributed by atoms with Crippen LogP contribution in [-0.4, -0.2) is 30.2 Å². The van der Waals surface area contributed by atoms with E-state index in [2.05, 4.69) is 9.71 Å². The molecule has 0 radical (unpaired) electrons. The zero-order valence-corrected chi connectivity index (χ0v) is 12.5. The molecule has 0 spiro atoms. The van der Waals surface area contributed by atoms with Crippen LogP contribution in [0.15, 0.2) is 24.4 Å². The third-order valence-corrected chi connectivity index (χ3v) is 4.27. The molecule has 1 atom stereocenters. The highest BCUT2D eigenvalue weighted by molar-refractivity contribution is 7.89. The number of aromatic nitrogens is 1. The van der Waals surface area contributed by atoms with Gasteiger partial charge in [0.15, 0.2) is 0 Å². The Balaban J connectivity index is 2.58. The Labute approximate surface area is 119 Å². The predicted octanol–water partition coefficient (Wildman–Crippen LogP) is 0.998. The van der Waals surface area contributed by atoms with Crippen LogP contribution in [0, 0.1) is 0 Å². The van der Waals surface area contributed by atoms with E-state index in [1.54, 1.807) is 18.3 Å². The molecule has 106 valence electrons. The first-order valence-electron chi connectivity index (χ1n) is 6.14. The minimum atomic E-state index is -3.40. The van der Waals surface area contributed by atoms with Crippen molar-refractivity contribution >= 4 is 27.2 Å². The van der Waals surface area contributed by atoms with Crippen molar-refractivity contribution in [3.63, 3.8) is 0 Å². The molecule has 0 amide bonds. The van der Waals surface area contributed by atoms with Crippen molar-refractivity contribution in [3.8, 4) is 0 Å². The summed E-state index contributed by atoms with van der Waals surface area (Å²) in [6.07, 6.45) is 3.43. The Bertz CT molecular complexity index is 503. The van der Waals surface area contributed by atoms with Crippen molar-refractivity contribution in [3.05, 3.63) is 30.1 Å². The second-order valence-corrected chi connectivity index (χ2v) is 6.60. The van der Waals surface area contributed by atoms with Crippen LogP contribution in [0.25, 0.3) is 0 Å². The lowest BCUT2D eigenvalue weighted by Crippen LogP contribution is -2.44. The molecule has 0 saturated heterocycles. The van der Waals surface area contributed by atoms with E-state index in [9.17, 15) is 8.42 Å². The highest BCUT2D eigenvalue weighted by atomic mass is 32.2. The number of sulfonamides is 1. The summed E-state index contributed by atoms with van der Waals surface area (Å²) in [5.41, 5.74) is 6.27. The topological polar surface area (TPSA) is 85.1 Å². The predicted molar refractivity (Wildman–Crippen MR) is 80.3 cm³/mol. The molecule has 0 aliphatic rings. The molecule has 1 rings (SSSR count). The Morgan fingerprint density at radius 2 is 2.26 bits per heavy atom. The monoisotopic (exact) mass is 301 g/mol. The van der Waals surface area contributed by atoms with Crippen molar-refractivity contribution in [2.24, 2.45) is 5.73 Å². The van der Waals surface area contributed by atoms with Crippen LogP contribution in [0.1, 0.15) is 25.5 Å². The van der Waals surface area contributed by atoms with Gasteiger partial charge in [0, 0.05) is 18.3 Å². The largest absolute Gasteiger partial charge is 0.392 e. The molecule has 5 nitrogen and oxygen atoms in total. The van der Waals surface area contributed by atoms with Gasteiger partial charge in [-0.2, -0.15) is 0 Å². The fourth-order valence-electron chi connectivity index (χ4n) is 1.61. The van der Waals surface area contributed by atoms with Crippen LogP contribution in [0.4, 0.5) is 0 Å². The van der Waals surface area contributed by atoms with Gasteiger partial charge in [-0.15, -0.1) is 0 Å². The summed E-state index contributed by atoms with van der Waals surface area (Å²) >= 11 is 4.87. The molecule has 19 heavy (non-hydrogen) atoms. The third-order valence-electron chi connectivity index (χ3n) is 2.60. The van der Waals surface area contributed by atoms with Gasteiger partial charge in [0.25, 0.3) is 0 Å². The summed E-state index contributed by atoms with van der Waals surface area (Å²) in [5.74, 6) is -0.0210. The maximum Gasteiger partial charge on any atom is 0.212 e. The van der Waals surface area contributed by atoms with Crippen LogP contribution < -0.4 is 10.5 Å². The molecular weight excluding hydrogens is 282 g/mol. The van der Waals surface area contributed by atoms with Crippen molar-refractivity contribution in [2.45, 2.75) is 32.2 Å². The minimum Gasteiger partial charge on any atom is -0.392 e. The van der Waals surface area contributed by atoms with Gasteiger partial charge in [-0.25, -0.2) is 13.1 Å². The molecule has 1 unspecified atom stereocenters. The van der Waals surface area contributed by atoms with Gasteiger partial charge in [0.2, 0.25) is 10.0 Å². The Morgan fingerprint density at radius 3 is 2.79 bits per heavy atom. The van der Waals surface area contributed by atoms with Gasteiger partial charge in [-0.05, 0) is 18.6 Å². The second kappa shape index (κ2) is 7.52. The molecule has 0 aliphatic carbocycles. The lowest BCUT2D eigenvalue weighted by atomic mass is 10.2. The van der Waals surface area contributed by atoms with E-state index in [1.165, 1.54) is 0 Å². The van der Waals surface area contributed by atoms with E-state index in [1.807, 2.05) is 13.0 Å². The van der Waals surface area contributed by atoms with Gasteiger partial charge in [0.1, 0.15) is 0 Å². The molecule has 7 heteroatoms. The van der Waals surface area contributed by atoms with Gasteiger partial charge in [0.05, 0.1) is 16.8 Å². The van der Waals surface area contributed by atoms with E-state index < -0.39 is 16.1 Å². The number of nitrogens with two attached hydrogens (primary N) is 1. The highest BCUT2D eigenvalue weighted by Gasteiger charge is 2.19. The highest BCUT2D eigenvalue weighted by Crippen LogP contribution is 2.02. The molecule has 1 aromatic rings. The van der Waals surface area contributed by atoms with E-state index in [-0.39, 0.29) is 10.7 Å². The van der Waals surface area contributed by atoms with Gasteiger partial charge in [-0.3, -0.25) is 4.98 Å². The fraction of sp³-hybridized carbons (Fsp3) is 0.500. The summed E-state index contributed by atoms with van der Waals surface area (Å²) < 4.78 is 26.4. The summed E-state index contributed by atoms with van der Waals surface area (Å²) in [6, 6.07) is 4.96. The van der Waals surface area contributed by atoms with Crippen LogP contribution in [-0.2, 0) is 16.4 Å². The molecule has 0 aliphatic heterocycles. The number of thiocarbonyl (C=S) groups is 1. The number of hydrogen-bond acceptors (Lipinski definition) is 4. The maximum atomic E-state index is 11.9.